The molecule has 0 spiro atoms. The van der Waals surface area contributed by atoms with Gasteiger partial charge in [0.05, 0.1) is 4.90 Å². The molecule has 0 saturated carbocycles. The summed E-state index contributed by atoms with van der Waals surface area (Å²) in [4.78, 5) is 2.68. The maximum atomic E-state index is 12.7. The number of benzene rings is 3. The Kier molecular flexibility index (Phi) is 4.89. The molecule has 0 bridgehead atoms. The molecule has 1 N–H and O–H groups in total. The number of fused-ring (bicyclic) bond motifs is 2. The molecule has 5 heteroatoms. The average Bonchev–Trinajstić information content (AvgIpc) is 2.71. The van der Waals surface area contributed by atoms with E-state index in [-0.39, 0.29) is 0 Å². The van der Waals surface area contributed by atoms with E-state index >= 15 is 0 Å². The highest BCUT2D eigenvalue weighted by atomic mass is 32.2. The molecule has 0 unspecified atom stereocenters. The summed E-state index contributed by atoms with van der Waals surface area (Å²) in [7, 11) is -3.55. The van der Waals surface area contributed by atoms with Crippen molar-refractivity contribution in [1.29, 1.82) is 0 Å². The topological polar surface area (TPSA) is 49.4 Å². The van der Waals surface area contributed by atoms with Gasteiger partial charge in [0, 0.05) is 25.3 Å². The van der Waals surface area contributed by atoms with Gasteiger partial charge in [0.1, 0.15) is 0 Å². The summed E-state index contributed by atoms with van der Waals surface area (Å²) < 4.78 is 28.2. The maximum absolute atomic E-state index is 12.7. The number of nitrogens with zero attached hydrogens (tertiary/aromatic N) is 1. The predicted molar refractivity (Wildman–Crippen MR) is 111 cm³/mol. The number of anilines is 1. The van der Waals surface area contributed by atoms with E-state index in [1.807, 2.05) is 36.4 Å². The van der Waals surface area contributed by atoms with Gasteiger partial charge in [-0.15, -0.1) is 0 Å². The lowest BCUT2D eigenvalue weighted by atomic mass is 9.99. The van der Waals surface area contributed by atoms with Gasteiger partial charge in [-0.3, -0.25) is 0 Å². The van der Waals surface area contributed by atoms with Crippen LogP contribution in [-0.2, 0) is 23.0 Å². The summed E-state index contributed by atoms with van der Waals surface area (Å²) in [5.41, 5.74) is 3.59. The first-order chi connectivity index (χ1) is 13.1. The summed E-state index contributed by atoms with van der Waals surface area (Å²) in [6.07, 6.45) is 2.20. The lowest BCUT2D eigenvalue weighted by molar-refractivity contribution is 0.581. The molecule has 3 aromatic rings. The number of hydrogen-bond acceptors (Lipinski definition) is 3. The van der Waals surface area contributed by atoms with Gasteiger partial charge in [-0.25, -0.2) is 13.1 Å². The van der Waals surface area contributed by atoms with Gasteiger partial charge in [-0.2, -0.15) is 0 Å². The highest BCUT2D eigenvalue weighted by molar-refractivity contribution is 7.89. The van der Waals surface area contributed by atoms with Crippen LogP contribution in [0.1, 0.15) is 24.5 Å². The van der Waals surface area contributed by atoms with Crippen LogP contribution in [0.3, 0.4) is 0 Å². The minimum Gasteiger partial charge on any atom is -0.372 e. The van der Waals surface area contributed by atoms with Gasteiger partial charge in [0.15, 0.2) is 0 Å². The zero-order valence-electron chi connectivity index (χ0n) is 15.5. The summed E-state index contributed by atoms with van der Waals surface area (Å²) >= 11 is 0. The van der Waals surface area contributed by atoms with Gasteiger partial charge >= 0.3 is 0 Å². The zero-order chi connectivity index (χ0) is 18.9. The van der Waals surface area contributed by atoms with E-state index in [1.54, 1.807) is 12.1 Å². The van der Waals surface area contributed by atoms with Gasteiger partial charge in [-0.1, -0.05) is 42.5 Å². The van der Waals surface area contributed by atoms with Gasteiger partial charge in [0.25, 0.3) is 0 Å². The normalized spacial score (nSPS) is 14.3. The van der Waals surface area contributed by atoms with Crippen molar-refractivity contribution < 1.29 is 8.42 Å². The number of hydrogen-bond donors (Lipinski definition) is 1. The fourth-order valence-corrected chi connectivity index (χ4v) is 4.82. The molecule has 0 atom stereocenters. The Morgan fingerprint density at radius 2 is 1.81 bits per heavy atom. The second-order valence-electron chi connectivity index (χ2n) is 6.98. The third-order valence-electron chi connectivity index (χ3n) is 5.24. The molecule has 1 heterocycles. The molecule has 1 aliphatic rings. The molecule has 4 rings (SSSR count). The molecule has 0 amide bonds. The molecule has 3 aromatic carbocycles. The van der Waals surface area contributed by atoms with E-state index in [1.165, 1.54) is 11.3 Å². The van der Waals surface area contributed by atoms with E-state index in [4.69, 9.17) is 0 Å². The molecule has 4 nitrogen and oxygen atoms in total. The van der Waals surface area contributed by atoms with Crippen molar-refractivity contribution in [3.63, 3.8) is 0 Å². The van der Waals surface area contributed by atoms with Crippen LogP contribution >= 0.6 is 0 Å². The molecule has 27 heavy (non-hydrogen) atoms. The Morgan fingerprint density at radius 3 is 2.63 bits per heavy atom. The Bertz CT molecular complexity index is 1080. The monoisotopic (exact) mass is 380 g/mol. The maximum Gasteiger partial charge on any atom is 0.240 e. The van der Waals surface area contributed by atoms with Crippen molar-refractivity contribution in [1.82, 2.24) is 4.72 Å². The number of aryl methyl sites for hydroxylation is 1. The molecule has 0 saturated heterocycles. The van der Waals surface area contributed by atoms with Crippen LogP contribution in [-0.4, -0.2) is 21.5 Å². The average molecular weight is 381 g/mol. The van der Waals surface area contributed by atoms with Crippen LogP contribution in [0.4, 0.5) is 5.69 Å². The Hall–Kier alpha value is -2.37. The van der Waals surface area contributed by atoms with Crippen LogP contribution in [0, 0.1) is 0 Å². The summed E-state index contributed by atoms with van der Waals surface area (Å²) in [6.45, 7) is 4.56. The van der Waals surface area contributed by atoms with E-state index in [9.17, 15) is 8.42 Å². The fraction of sp³-hybridized carbons (Fsp3) is 0.273. The van der Waals surface area contributed by atoms with Crippen molar-refractivity contribution >= 4 is 26.5 Å². The smallest absolute Gasteiger partial charge is 0.240 e. The number of sulfonamides is 1. The largest absolute Gasteiger partial charge is 0.372 e. The quantitative estimate of drug-likeness (QED) is 0.725. The standard InChI is InChI=1S/C22H24N2O2S/c1-2-24-13-5-8-20-14-17(9-12-22(20)24)16-23-27(25,26)21-11-10-18-6-3-4-7-19(18)15-21/h3-4,6-7,9-12,14-15,23H,2,5,8,13,16H2,1H3. The Morgan fingerprint density at radius 1 is 1.00 bits per heavy atom. The Balaban J connectivity index is 1.53. The first-order valence-corrected chi connectivity index (χ1v) is 10.9. The van der Waals surface area contributed by atoms with E-state index in [2.05, 4.69) is 28.7 Å². The molecule has 0 radical (unpaired) electrons. The van der Waals surface area contributed by atoms with Crippen molar-refractivity contribution in [2.45, 2.75) is 31.2 Å². The minimum atomic E-state index is -3.55. The lowest BCUT2D eigenvalue weighted by Crippen LogP contribution is -2.29. The van der Waals surface area contributed by atoms with Crippen LogP contribution in [0.5, 0.6) is 0 Å². The summed E-state index contributed by atoms with van der Waals surface area (Å²) in [5.74, 6) is 0. The van der Waals surface area contributed by atoms with E-state index in [0.29, 0.717) is 11.4 Å². The van der Waals surface area contributed by atoms with E-state index < -0.39 is 10.0 Å². The molecule has 0 aromatic heterocycles. The Labute approximate surface area is 160 Å². The SMILES string of the molecule is CCN1CCCc2cc(CNS(=O)(=O)c3ccc4ccccc4c3)ccc21. The number of nitrogens with one attached hydrogen (secondary N) is 1. The molecular formula is C22H24N2O2S. The highest BCUT2D eigenvalue weighted by Crippen LogP contribution is 2.28. The summed E-state index contributed by atoms with van der Waals surface area (Å²) in [5, 5.41) is 1.96. The molecule has 0 fully saturated rings. The molecular weight excluding hydrogens is 356 g/mol. The highest BCUT2D eigenvalue weighted by Gasteiger charge is 2.17. The van der Waals surface area contributed by atoms with Crippen LogP contribution in [0.25, 0.3) is 10.8 Å². The lowest BCUT2D eigenvalue weighted by Gasteiger charge is -2.30. The third-order valence-corrected chi connectivity index (χ3v) is 6.64. The van der Waals surface area contributed by atoms with E-state index in [0.717, 1.165) is 42.3 Å². The molecule has 140 valence electrons. The van der Waals surface area contributed by atoms with Gasteiger partial charge in [0.2, 0.25) is 10.0 Å². The first-order valence-electron chi connectivity index (χ1n) is 9.42. The van der Waals surface area contributed by atoms with Crippen molar-refractivity contribution in [3.8, 4) is 0 Å². The molecule has 0 aliphatic carbocycles. The van der Waals surface area contributed by atoms with Crippen molar-refractivity contribution in [3.05, 3.63) is 71.8 Å². The summed E-state index contributed by atoms with van der Waals surface area (Å²) in [6, 6.07) is 19.3. The van der Waals surface area contributed by atoms with Gasteiger partial charge in [-0.05, 0) is 59.9 Å². The van der Waals surface area contributed by atoms with Crippen LogP contribution < -0.4 is 9.62 Å². The molecule has 1 aliphatic heterocycles. The second kappa shape index (κ2) is 7.33. The first kappa shape index (κ1) is 18.0. The fourth-order valence-electron chi connectivity index (χ4n) is 3.76. The third kappa shape index (κ3) is 3.70. The van der Waals surface area contributed by atoms with Crippen LogP contribution in [0.15, 0.2) is 65.6 Å². The van der Waals surface area contributed by atoms with Gasteiger partial charge < -0.3 is 4.90 Å². The van der Waals surface area contributed by atoms with Crippen molar-refractivity contribution in [2.24, 2.45) is 0 Å². The minimum absolute atomic E-state index is 0.300. The second-order valence-corrected chi connectivity index (χ2v) is 8.75. The zero-order valence-corrected chi connectivity index (χ0v) is 16.3. The van der Waals surface area contributed by atoms with Crippen molar-refractivity contribution in [2.75, 3.05) is 18.0 Å². The number of rotatable bonds is 5. The predicted octanol–water partition coefficient (Wildman–Crippen LogP) is 4.09. The van der Waals surface area contributed by atoms with Crippen LogP contribution in [0.2, 0.25) is 0 Å².